The van der Waals surface area contributed by atoms with E-state index in [-0.39, 0.29) is 18.1 Å². The van der Waals surface area contributed by atoms with E-state index in [4.69, 9.17) is 11.6 Å². The number of benzene rings is 2. The molecule has 0 aliphatic rings. The molecule has 3 nitrogen and oxygen atoms in total. The molecular formula is C16H12ClFN2O. The highest BCUT2D eigenvalue weighted by atomic mass is 35.5. The van der Waals surface area contributed by atoms with E-state index in [0.29, 0.717) is 5.02 Å². The fourth-order valence-corrected chi connectivity index (χ4v) is 2.37. The third-order valence-corrected chi connectivity index (χ3v) is 3.43. The molecular weight excluding hydrogens is 291 g/mol. The molecule has 3 rings (SSSR count). The van der Waals surface area contributed by atoms with E-state index in [1.54, 1.807) is 28.8 Å². The Morgan fingerprint density at radius 3 is 2.81 bits per heavy atom. The molecule has 0 atom stereocenters. The van der Waals surface area contributed by atoms with Crippen LogP contribution in [0.2, 0.25) is 5.02 Å². The summed E-state index contributed by atoms with van der Waals surface area (Å²) in [4.78, 5) is 12.0. The number of para-hydroxylation sites is 1. The third kappa shape index (κ3) is 2.90. The van der Waals surface area contributed by atoms with Gasteiger partial charge in [0.2, 0.25) is 5.91 Å². The molecule has 1 aromatic heterocycles. The summed E-state index contributed by atoms with van der Waals surface area (Å²) in [5.74, 6) is -0.746. The van der Waals surface area contributed by atoms with Crippen molar-refractivity contribution in [3.63, 3.8) is 0 Å². The molecule has 0 aliphatic heterocycles. The van der Waals surface area contributed by atoms with Crippen molar-refractivity contribution in [1.29, 1.82) is 0 Å². The first-order valence-electron chi connectivity index (χ1n) is 6.42. The van der Waals surface area contributed by atoms with Crippen LogP contribution in [0.25, 0.3) is 10.9 Å². The average molecular weight is 303 g/mol. The molecule has 0 spiro atoms. The van der Waals surface area contributed by atoms with E-state index in [1.165, 1.54) is 12.1 Å². The number of hydrogen-bond acceptors (Lipinski definition) is 1. The van der Waals surface area contributed by atoms with E-state index in [0.717, 1.165) is 10.9 Å². The Morgan fingerprint density at radius 1 is 1.19 bits per heavy atom. The number of nitrogens with zero attached hydrogens (tertiary/aromatic N) is 1. The molecule has 0 radical (unpaired) electrons. The molecule has 5 heteroatoms. The number of rotatable bonds is 3. The standard InChI is InChI=1S/C16H12ClFN2O/c17-12-6-5-11-7-8-20(15(11)9-12)10-16(21)19-14-4-2-1-3-13(14)18/h1-9H,10H2,(H,19,21). The molecule has 0 aliphatic carbocycles. The molecule has 1 N–H and O–H groups in total. The van der Waals surface area contributed by atoms with Gasteiger partial charge >= 0.3 is 0 Å². The number of halogens is 2. The molecule has 3 aromatic rings. The smallest absolute Gasteiger partial charge is 0.244 e. The predicted molar refractivity (Wildman–Crippen MR) is 82.0 cm³/mol. The van der Waals surface area contributed by atoms with E-state index >= 15 is 0 Å². The molecule has 2 aromatic carbocycles. The molecule has 0 saturated carbocycles. The van der Waals surface area contributed by atoms with Gasteiger partial charge in [0.1, 0.15) is 12.4 Å². The number of amides is 1. The maximum absolute atomic E-state index is 13.5. The second-order valence-corrected chi connectivity index (χ2v) is 5.11. The second kappa shape index (κ2) is 5.58. The second-order valence-electron chi connectivity index (χ2n) is 4.67. The largest absolute Gasteiger partial charge is 0.338 e. The van der Waals surface area contributed by atoms with Crippen LogP contribution in [0.3, 0.4) is 0 Å². The van der Waals surface area contributed by atoms with E-state index in [9.17, 15) is 9.18 Å². The zero-order chi connectivity index (χ0) is 14.8. The lowest BCUT2D eigenvalue weighted by Gasteiger charge is -2.08. The SMILES string of the molecule is O=C(Cn1ccc2ccc(Cl)cc21)Nc1ccccc1F. The first-order chi connectivity index (χ1) is 10.1. The molecule has 1 heterocycles. The van der Waals surface area contributed by atoms with Crippen molar-refractivity contribution in [2.45, 2.75) is 6.54 Å². The Morgan fingerprint density at radius 2 is 2.00 bits per heavy atom. The monoisotopic (exact) mass is 302 g/mol. The van der Waals surface area contributed by atoms with Gasteiger partial charge in [-0.25, -0.2) is 4.39 Å². The van der Waals surface area contributed by atoms with Crippen molar-refractivity contribution in [3.8, 4) is 0 Å². The van der Waals surface area contributed by atoms with Crippen molar-refractivity contribution < 1.29 is 9.18 Å². The van der Waals surface area contributed by atoms with Gasteiger partial charge in [-0.2, -0.15) is 0 Å². The van der Waals surface area contributed by atoms with Crippen LogP contribution < -0.4 is 5.32 Å². The van der Waals surface area contributed by atoms with Gasteiger partial charge in [0.25, 0.3) is 0 Å². The first kappa shape index (κ1) is 13.6. The number of carbonyl (C=O) groups is 1. The highest BCUT2D eigenvalue weighted by Crippen LogP contribution is 2.20. The van der Waals surface area contributed by atoms with Crippen LogP contribution in [0.15, 0.2) is 54.7 Å². The quantitative estimate of drug-likeness (QED) is 0.777. The number of aromatic nitrogens is 1. The number of fused-ring (bicyclic) bond motifs is 1. The minimum absolute atomic E-state index is 0.0954. The maximum Gasteiger partial charge on any atom is 0.244 e. The Labute approximate surface area is 125 Å². The topological polar surface area (TPSA) is 34.0 Å². The van der Waals surface area contributed by atoms with Gasteiger partial charge in [0.05, 0.1) is 5.69 Å². The van der Waals surface area contributed by atoms with Crippen LogP contribution in [0, 0.1) is 5.82 Å². The minimum atomic E-state index is -0.453. The van der Waals surface area contributed by atoms with E-state index in [2.05, 4.69) is 5.32 Å². The summed E-state index contributed by atoms with van der Waals surface area (Å²) in [6.07, 6.45) is 1.81. The first-order valence-corrected chi connectivity index (χ1v) is 6.80. The van der Waals surface area contributed by atoms with Crippen LogP contribution >= 0.6 is 11.6 Å². The maximum atomic E-state index is 13.5. The molecule has 21 heavy (non-hydrogen) atoms. The van der Waals surface area contributed by atoms with Gasteiger partial charge in [0, 0.05) is 16.7 Å². The summed E-state index contributed by atoms with van der Waals surface area (Å²) in [7, 11) is 0. The number of hydrogen-bond donors (Lipinski definition) is 1. The highest BCUT2D eigenvalue weighted by Gasteiger charge is 2.09. The minimum Gasteiger partial charge on any atom is -0.338 e. The average Bonchev–Trinajstić information content (AvgIpc) is 2.84. The predicted octanol–water partition coefficient (Wildman–Crippen LogP) is 4.07. The lowest BCUT2D eigenvalue weighted by Crippen LogP contribution is -2.18. The van der Waals surface area contributed by atoms with Crippen molar-refractivity contribution in [1.82, 2.24) is 4.57 Å². The van der Waals surface area contributed by atoms with Crippen molar-refractivity contribution in [3.05, 3.63) is 65.6 Å². The molecule has 0 unspecified atom stereocenters. The van der Waals surface area contributed by atoms with Gasteiger partial charge in [-0.15, -0.1) is 0 Å². The van der Waals surface area contributed by atoms with Gasteiger partial charge < -0.3 is 9.88 Å². The fourth-order valence-electron chi connectivity index (χ4n) is 2.20. The Kier molecular flexibility index (Phi) is 3.62. The zero-order valence-corrected chi connectivity index (χ0v) is 11.8. The van der Waals surface area contributed by atoms with Crippen molar-refractivity contribution in [2.75, 3.05) is 5.32 Å². The normalized spacial score (nSPS) is 10.8. The third-order valence-electron chi connectivity index (χ3n) is 3.20. The summed E-state index contributed by atoms with van der Waals surface area (Å²) in [6, 6.07) is 13.5. The lowest BCUT2D eigenvalue weighted by atomic mass is 10.2. The molecule has 0 bridgehead atoms. The highest BCUT2D eigenvalue weighted by molar-refractivity contribution is 6.31. The molecule has 0 saturated heterocycles. The lowest BCUT2D eigenvalue weighted by molar-refractivity contribution is -0.116. The van der Waals surface area contributed by atoms with E-state index < -0.39 is 5.82 Å². The van der Waals surface area contributed by atoms with Gasteiger partial charge in [-0.3, -0.25) is 4.79 Å². The number of nitrogens with one attached hydrogen (secondary N) is 1. The summed E-state index contributed by atoms with van der Waals surface area (Å²) in [5.41, 5.74) is 1.04. The Hall–Kier alpha value is -2.33. The fraction of sp³-hybridized carbons (Fsp3) is 0.0625. The molecule has 1 amide bonds. The Balaban J connectivity index is 1.80. The van der Waals surface area contributed by atoms with Crippen LogP contribution in [0.1, 0.15) is 0 Å². The summed E-state index contributed by atoms with van der Waals surface area (Å²) < 4.78 is 15.3. The van der Waals surface area contributed by atoms with Crippen LogP contribution in [0.4, 0.5) is 10.1 Å². The number of anilines is 1. The summed E-state index contributed by atoms with van der Waals surface area (Å²) >= 11 is 5.97. The van der Waals surface area contributed by atoms with Crippen LogP contribution in [-0.4, -0.2) is 10.5 Å². The van der Waals surface area contributed by atoms with Crippen LogP contribution in [-0.2, 0) is 11.3 Å². The van der Waals surface area contributed by atoms with Gasteiger partial charge in [-0.05, 0) is 35.7 Å². The summed E-state index contributed by atoms with van der Waals surface area (Å²) in [6.45, 7) is 0.0954. The number of carbonyl (C=O) groups excluding carboxylic acids is 1. The Bertz CT molecular complexity index is 813. The van der Waals surface area contributed by atoms with Gasteiger partial charge in [0.15, 0.2) is 0 Å². The van der Waals surface area contributed by atoms with E-state index in [1.807, 2.05) is 18.3 Å². The zero-order valence-electron chi connectivity index (χ0n) is 11.0. The molecule has 0 fully saturated rings. The molecule has 106 valence electrons. The van der Waals surface area contributed by atoms with Crippen molar-refractivity contribution >= 4 is 34.1 Å². The van der Waals surface area contributed by atoms with Crippen LogP contribution in [0.5, 0.6) is 0 Å². The van der Waals surface area contributed by atoms with Gasteiger partial charge in [-0.1, -0.05) is 29.8 Å². The van der Waals surface area contributed by atoms with Crippen molar-refractivity contribution in [2.24, 2.45) is 0 Å². The summed E-state index contributed by atoms with van der Waals surface area (Å²) in [5, 5.41) is 4.17.